The van der Waals surface area contributed by atoms with E-state index in [1.807, 2.05) is 37.3 Å². The van der Waals surface area contributed by atoms with Gasteiger partial charge in [0.15, 0.2) is 0 Å². The van der Waals surface area contributed by atoms with E-state index < -0.39 is 33.1 Å². The second kappa shape index (κ2) is 17.9. The van der Waals surface area contributed by atoms with E-state index in [1.54, 1.807) is 32.9 Å². The summed E-state index contributed by atoms with van der Waals surface area (Å²) in [4.78, 5) is 41.4. The highest BCUT2D eigenvalue weighted by Crippen LogP contribution is 2.42. The minimum absolute atomic E-state index is 0.0682. The number of amides is 1. The number of anilines is 1. The first-order valence-corrected chi connectivity index (χ1v) is 20.3. The number of allylic oxidation sites excluding steroid dienone is 1. The first kappa shape index (κ1) is 39.6. The molecular weight excluding hydrogens is 708 g/mol. The summed E-state index contributed by atoms with van der Waals surface area (Å²) in [5.41, 5.74) is 3.07. The number of carbonyl (C=O) groups excluding carboxylic acids is 3. The molecule has 1 fully saturated rings. The molecule has 0 spiro atoms. The average Bonchev–Trinajstić information content (AvgIpc) is 3.11. The van der Waals surface area contributed by atoms with Crippen molar-refractivity contribution in [2.45, 2.75) is 90.6 Å². The van der Waals surface area contributed by atoms with Gasteiger partial charge in [0.2, 0.25) is 10.0 Å². The van der Waals surface area contributed by atoms with Gasteiger partial charge in [0.25, 0.3) is 5.91 Å². The summed E-state index contributed by atoms with van der Waals surface area (Å²) in [6, 6.07) is 9.09. The summed E-state index contributed by atoms with van der Waals surface area (Å²) >= 11 is 6.38. The Hall–Kier alpha value is -3.61. The van der Waals surface area contributed by atoms with E-state index in [-0.39, 0.29) is 62.3 Å². The average molecular weight is 759 g/mol. The van der Waals surface area contributed by atoms with Crippen molar-refractivity contribution >= 4 is 45.2 Å². The van der Waals surface area contributed by atoms with Crippen LogP contribution < -0.4 is 14.4 Å². The lowest BCUT2D eigenvalue weighted by Gasteiger charge is -2.44. The maximum Gasteiger partial charge on any atom is 0.332 e. The van der Waals surface area contributed by atoms with Gasteiger partial charge in [0, 0.05) is 23.7 Å². The molecule has 52 heavy (non-hydrogen) atoms. The zero-order chi connectivity index (χ0) is 37.4. The maximum absolute atomic E-state index is 14.0. The van der Waals surface area contributed by atoms with Crippen LogP contribution in [-0.2, 0) is 53.3 Å². The van der Waals surface area contributed by atoms with Crippen LogP contribution in [0.2, 0.25) is 5.02 Å². The molecule has 0 radical (unpaired) electrons. The van der Waals surface area contributed by atoms with Gasteiger partial charge in [0.1, 0.15) is 19.0 Å². The molecule has 13 heteroatoms. The second-order valence-corrected chi connectivity index (χ2v) is 16.4. The predicted molar refractivity (Wildman–Crippen MR) is 199 cm³/mol. The van der Waals surface area contributed by atoms with E-state index in [9.17, 15) is 22.8 Å². The molecule has 3 aliphatic rings. The van der Waals surface area contributed by atoms with Crippen molar-refractivity contribution in [3.05, 3.63) is 69.8 Å². The normalized spacial score (nSPS) is 25.4. The Bertz CT molecular complexity index is 1750. The molecule has 284 valence electrons. The lowest BCUT2D eigenvalue weighted by atomic mass is 9.70. The zero-order valence-electron chi connectivity index (χ0n) is 30.5. The van der Waals surface area contributed by atoms with Crippen LogP contribution >= 0.6 is 11.6 Å². The molecule has 2 aliphatic heterocycles. The van der Waals surface area contributed by atoms with Crippen LogP contribution in [-0.4, -0.2) is 70.5 Å². The Morgan fingerprint density at radius 1 is 1.02 bits per heavy atom. The van der Waals surface area contributed by atoms with Crippen molar-refractivity contribution in [1.82, 2.24) is 4.72 Å². The maximum atomic E-state index is 14.0. The monoisotopic (exact) mass is 758 g/mol. The van der Waals surface area contributed by atoms with Gasteiger partial charge in [-0.15, -0.1) is 0 Å². The van der Waals surface area contributed by atoms with E-state index >= 15 is 0 Å². The molecule has 5 atom stereocenters. The summed E-state index contributed by atoms with van der Waals surface area (Å²) in [6.45, 7) is 8.53. The highest BCUT2D eigenvalue weighted by Gasteiger charge is 2.39. The number of aryl methyl sites for hydroxylation is 1. The molecule has 2 bridgehead atoms. The Balaban J connectivity index is 1.62. The third-order valence-corrected chi connectivity index (χ3v) is 12.6. The summed E-state index contributed by atoms with van der Waals surface area (Å²) in [5.74, 6) is -1.40. The molecule has 2 aromatic carbocycles. The van der Waals surface area contributed by atoms with Crippen LogP contribution in [0.4, 0.5) is 5.69 Å². The SMILES string of the molecule is CCOC(=O)CO[C@H]1/C=C/C[C@H](C)[C@@H](C)S(=O)(=O)NC(=O)c2cc3c(cc2CC(=O)OCC)OCc2ccc(Cl)cc2CCCCN3C[C@@H]2CC[C@H]21. The molecule has 1 amide bonds. The van der Waals surface area contributed by atoms with Crippen molar-refractivity contribution in [1.29, 1.82) is 0 Å². The standard InChI is InChI=1S/C39H51ClN2O9S/c1-5-48-37(43)20-30-19-36-34-21-33(30)39(45)41-52(46,47)26(4)25(3)10-9-12-35(51-24-38(44)49-6-2)32-16-14-28(32)22-42(34)17-8-7-11-27-18-31(40)15-13-29(27)23-50-36/h9,12-13,15,18-19,21,25-26,28,32,35H,5-8,10-11,14,16-17,20,22-24H2,1-4H3,(H,41,45)/b12-9+/t25-,26+,28-,32+,35-/m0/s1. The van der Waals surface area contributed by atoms with E-state index in [4.69, 9.17) is 30.5 Å². The minimum Gasteiger partial charge on any atom is -0.487 e. The Kier molecular flexibility index (Phi) is 13.7. The summed E-state index contributed by atoms with van der Waals surface area (Å²) in [5, 5.41) is -0.276. The fourth-order valence-electron chi connectivity index (χ4n) is 7.18. The van der Waals surface area contributed by atoms with Gasteiger partial charge >= 0.3 is 11.9 Å². The molecular formula is C39H51ClN2O9S. The van der Waals surface area contributed by atoms with Crippen molar-refractivity contribution < 1.29 is 41.7 Å². The minimum atomic E-state index is -4.14. The van der Waals surface area contributed by atoms with Gasteiger partial charge < -0.3 is 23.8 Å². The fourth-order valence-corrected chi connectivity index (χ4v) is 8.65. The topological polar surface area (TPSA) is 138 Å². The number of halogens is 1. The number of ether oxygens (including phenoxy) is 4. The molecule has 11 nitrogen and oxygen atoms in total. The van der Waals surface area contributed by atoms with Crippen molar-refractivity contribution in [3.8, 4) is 5.75 Å². The molecule has 1 saturated carbocycles. The number of esters is 2. The van der Waals surface area contributed by atoms with Crippen LogP contribution in [0.5, 0.6) is 5.75 Å². The summed E-state index contributed by atoms with van der Waals surface area (Å²) in [7, 11) is -4.14. The number of nitrogens with one attached hydrogen (secondary N) is 1. The predicted octanol–water partition coefficient (Wildman–Crippen LogP) is 6.19. The molecule has 0 unspecified atom stereocenters. The molecule has 0 saturated heterocycles. The smallest absolute Gasteiger partial charge is 0.332 e. The molecule has 0 aromatic heterocycles. The number of nitrogens with zero attached hydrogens (tertiary/aromatic N) is 1. The first-order valence-electron chi connectivity index (χ1n) is 18.4. The van der Waals surface area contributed by atoms with Gasteiger partial charge in [-0.25, -0.2) is 17.9 Å². The van der Waals surface area contributed by atoms with E-state index in [1.165, 1.54) is 0 Å². The molecule has 5 rings (SSSR count). The van der Waals surface area contributed by atoms with Crippen molar-refractivity contribution in [2.75, 3.05) is 37.8 Å². The number of fused-ring (bicyclic) bond motifs is 3. The number of hydrogen-bond donors (Lipinski definition) is 1. The van der Waals surface area contributed by atoms with Crippen LogP contribution in [0.3, 0.4) is 0 Å². The Labute approximate surface area is 312 Å². The Morgan fingerprint density at radius 2 is 1.79 bits per heavy atom. The van der Waals surface area contributed by atoms with Gasteiger partial charge in [-0.2, -0.15) is 0 Å². The highest BCUT2D eigenvalue weighted by molar-refractivity contribution is 7.90. The highest BCUT2D eigenvalue weighted by atomic mass is 35.5. The van der Waals surface area contributed by atoms with Crippen LogP contribution in [0.15, 0.2) is 42.5 Å². The molecule has 1 aliphatic carbocycles. The number of hydrogen-bond acceptors (Lipinski definition) is 10. The number of rotatable bonds is 7. The van der Waals surface area contributed by atoms with Crippen LogP contribution in [0.25, 0.3) is 0 Å². The number of sulfonamides is 1. The van der Waals surface area contributed by atoms with Crippen LogP contribution in [0, 0.1) is 17.8 Å². The first-order chi connectivity index (χ1) is 24.9. The van der Waals surface area contributed by atoms with E-state index in [0.717, 1.165) is 43.2 Å². The molecule has 1 N–H and O–H groups in total. The van der Waals surface area contributed by atoms with Gasteiger partial charge in [-0.05, 0) is 118 Å². The number of benzene rings is 2. The lowest BCUT2D eigenvalue weighted by molar-refractivity contribution is -0.151. The summed E-state index contributed by atoms with van der Waals surface area (Å²) in [6.07, 6.45) is 7.98. The zero-order valence-corrected chi connectivity index (χ0v) is 32.1. The van der Waals surface area contributed by atoms with Crippen LogP contribution in [0.1, 0.15) is 86.8 Å². The quantitative estimate of drug-likeness (QED) is 0.257. The van der Waals surface area contributed by atoms with Gasteiger partial charge in [0.05, 0.1) is 36.7 Å². The van der Waals surface area contributed by atoms with E-state index in [2.05, 4.69) is 9.62 Å². The fraction of sp³-hybridized carbons (Fsp3) is 0.564. The largest absolute Gasteiger partial charge is 0.487 e. The second-order valence-electron chi connectivity index (χ2n) is 14.0. The van der Waals surface area contributed by atoms with E-state index in [0.29, 0.717) is 41.5 Å². The third-order valence-electron chi connectivity index (χ3n) is 10.5. The number of carbonyl (C=O) groups is 3. The van der Waals surface area contributed by atoms with Crippen molar-refractivity contribution in [3.63, 3.8) is 0 Å². The van der Waals surface area contributed by atoms with Gasteiger partial charge in [-0.3, -0.25) is 9.59 Å². The van der Waals surface area contributed by atoms with Gasteiger partial charge in [-0.1, -0.05) is 36.7 Å². The summed E-state index contributed by atoms with van der Waals surface area (Å²) < 4.78 is 52.7. The Morgan fingerprint density at radius 3 is 2.52 bits per heavy atom. The lowest BCUT2D eigenvalue weighted by Crippen LogP contribution is -2.44. The molecule has 2 heterocycles. The molecule has 2 aromatic rings. The van der Waals surface area contributed by atoms with Crippen molar-refractivity contribution in [2.24, 2.45) is 17.8 Å². The third kappa shape index (κ3) is 9.87.